The fourth-order valence-electron chi connectivity index (χ4n) is 3.34. The van der Waals surface area contributed by atoms with Crippen LogP contribution in [0.5, 0.6) is 11.5 Å². The van der Waals surface area contributed by atoms with E-state index in [0.29, 0.717) is 6.54 Å². The van der Waals surface area contributed by atoms with Crippen molar-refractivity contribution in [2.75, 3.05) is 34.4 Å². The second-order valence-corrected chi connectivity index (χ2v) is 7.16. The third kappa shape index (κ3) is 6.25. The largest absolute Gasteiger partial charge is 0.493 e. The first-order valence-corrected chi connectivity index (χ1v) is 10.2. The molecule has 0 radical (unpaired) electrons. The molecule has 2 aromatic heterocycles. The highest BCUT2D eigenvalue weighted by atomic mass is 127. The molecule has 0 aliphatic carbocycles. The number of likely N-dealkylation sites (N-methyl/N-ethyl adjacent to an activating group) is 1. The number of fused-ring (bicyclic) bond motifs is 1. The molecule has 0 amide bonds. The Balaban J connectivity index is 0.00000341. The van der Waals surface area contributed by atoms with Gasteiger partial charge in [-0.3, -0.25) is 0 Å². The SMILES string of the molecule is CCNC(=NCc1cn2c(C)cccc2n1)N(C)CCc1ccc(OC)c(OC)c1.I. The minimum atomic E-state index is 0. The lowest BCUT2D eigenvalue weighted by Crippen LogP contribution is -2.40. The third-order valence-electron chi connectivity index (χ3n) is 5.02. The molecule has 1 N–H and O–H groups in total. The first kappa shape index (κ1) is 24.8. The number of hydrogen-bond acceptors (Lipinski definition) is 4. The van der Waals surface area contributed by atoms with E-state index in [1.54, 1.807) is 14.2 Å². The highest BCUT2D eigenvalue weighted by Gasteiger charge is 2.09. The van der Waals surface area contributed by atoms with Crippen LogP contribution in [0.3, 0.4) is 0 Å². The molecule has 3 rings (SSSR count). The maximum Gasteiger partial charge on any atom is 0.194 e. The van der Waals surface area contributed by atoms with Gasteiger partial charge in [0.05, 0.1) is 26.5 Å². The molecule has 0 aliphatic heterocycles. The van der Waals surface area contributed by atoms with E-state index in [1.807, 2.05) is 24.3 Å². The van der Waals surface area contributed by atoms with Crippen LogP contribution >= 0.6 is 24.0 Å². The van der Waals surface area contributed by atoms with Gasteiger partial charge in [-0.15, -0.1) is 24.0 Å². The van der Waals surface area contributed by atoms with E-state index >= 15 is 0 Å². The highest BCUT2D eigenvalue weighted by Crippen LogP contribution is 2.27. The highest BCUT2D eigenvalue weighted by molar-refractivity contribution is 14.0. The lowest BCUT2D eigenvalue weighted by Gasteiger charge is -2.22. The Morgan fingerprint density at radius 1 is 1.16 bits per heavy atom. The van der Waals surface area contributed by atoms with Crippen LogP contribution in [0.2, 0.25) is 0 Å². The molecule has 0 saturated heterocycles. The van der Waals surface area contributed by atoms with Crippen molar-refractivity contribution in [3.8, 4) is 11.5 Å². The molecule has 2 heterocycles. The monoisotopic (exact) mass is 537 g/mol. The van der Waals surface area contributed by atoms with Gasteiger partial charge in [0.25, 0.3) is 0 Å². The van der Waals surface area contributed by atoms with Gasteiger partial charge in [-0.05, 0) is 50.1 Å². The second-order valence-electron chi connectivity index (χ2n) is 7.16. The van der Waals surface area contributed by atoms with E-state index < -0.39 is 0 Å². The summed E-state index contributed by atoms with van der Waals surface area (Å²) >= 11 is 0. The van der Waals surface area contributed by atoms with Gasteiger partial charge < -0.3 is 24.1 Å². The van der Waals surface area contributed by atoms with Gasteiger partial charge in [-0.2, -0.15) is 0 Å². The van der Waals surface area contributed by atoms with Crippen molar-refractivity contribution in [2.45, 2.75) is 26.8 Å². The Morgan fingerprint density at radius 2 is 1.94 bits per heavy atom. The molecule has 0 atom stereocenters. The fourth-order valence-corrected chi connectivity index (χ4v) is 3.34. The average molecular weight is 537 g/mol. The van der Waals surface area contributed by atoms with Crippen molar-refractivity contribution in [2.24, 2.45) is 4.99 Å². The Morgan fingerprint density at radius 3 is 2.61 bits per heavy atom. The van der Waals surface area contributed by atoms with Crippen molar-refractivity contribution < 1.29 is 9.47 Å². The second kappa shape index (κ2) is 11.8. The number of nitrogens with one attached hydrogen (secondary N) is 1. The molecule has 0 aliphatic rings. The minimum Gasteiger partial charge on any atom is -0.493 e. The van der Waals surface area contributed by atoms with E-state index in [4.69, 9.17) is 14.5 Å². The molecular formula is C23H32IN5O2. The standard InChI is InChI=1S/C23H31N5O2.HI/c1-6-24-23(25-15-19-16-28-17(2)8-7-9-22(28)26-19)27(3)13-12-18-10-11-20(29-4)21(14-18)30-5;/h7-11,14,16H,6,12-13,15H2,1-5H3,(H,24,25);1H. The summed E-state index contributed by atoms with van der Waals surface area (Å²) in [4.78, 5) is 11.6. The van der Waals surface area contributed by atoms with E-state index in [2.05, 4.69) is 58.8 Å². The van der Waals surface area contributed by atoms with Crippen LogP contribution in [0.25, 0.3) is 5.65 Å². The topological polar surface area (TPSA) is 63.4 Å². The van der Waals surface area contributed by atoms with Gasteiger partial charge in [0.2, 0.25) is 0 Å². The van der Waals surface area contributed by atoms with Crippen molar-refractivity contribution in [3.63, 3.8) is 0 Å². The molecule has 0 saturated carbocycles. The van der Waals surface area contributed by atoms with Gasteiger partial charge in [0, 0.05) is 32.0 Å². The Bertz CT molecular complexity index is 1020. The number of methoxy groups -OCH3 is 2. The number of guanidine groups is 1. The lowest BCUT2D eigenvalue weighted by atomic mass is 10.1. The van der Waals surface area contributed by atoms with Gasteiger partial charge in [-0.1, -0.05) is 12.1 Å². The summed E-state index contributed by atoms with van der Waals surface area (Å²) in [6, 6.07) is 12.2. The average Bonchev–Trinajstić information content (AvgIpc) is 3.19. The molecule has 0 fully saturated rings. The summed E-state index contributed by atoms with van der Waals surface area (Å²) in [6.45, 7) is 6.32. The van der Waals surface area contributed by atoms with Gasteiger partial charge in [0.1, 0.15) is 5.65 Å². The summed E-state index contributed by atoms with van der Waals surface area (Å²) in [5, 5.41) is 3.37. The molecule has 7 nitrogen and oxygen atoms in total. The summed E-state index contributed by atoms with van der Waals surface area (Å²) in [6.07, 6.45) is 2.93. The smallest absolute Gasteiger partial charge is 0.194 e. The predicted octanol–water partition coefficient (Wildman–Crippen LogP) is 3.92. The minimum absolute atomic E-state index is 0. The number of aryl methyl sites for hydroxylation is 1. The van der Waals surface area contributed by atoms with Crippen molar-refractivity contribution in [1.82, 2.24) is 19.6 Å². The molecule has 3 aromatic rings. The van der Waals surface area contributed by atoms with Crippen LogP contribution in [-0.2, 0) is 13.0 Å². The summed E-state index contributed by atoms with van der Waals surface area (Å²) in [7, 11) is 5.36. The first-order valence-electron chi connectivity index (χ1n) is 10.2. The van der Waals surface area contributed by atoms with Gasteiger partial charge >= 0.3 is 0 Å². The van der Waals surface area contributed by atoms with Crippen LogP contribution in [-0.4, -0.2) is 54.6 Å². The van der Waals surface area contributed by atoms with Crippen LogP contribution in [0.15, 0.2) is 47.6 Å². The molecule has 1 aromatic carbocycles. The number of imidazole rings is 1. The van der Waals surface area contributed by atoms with Crippen LogP contribution in [0, 0.1) is 6.92 Å². The van der Waals surface area contributed by atoms with Crippen LogP contribution in [0.4, 0.5) is 0 Å². The van der Waals surface area contributed by atoms with E-state index in [9.17, 15) is 0 Å². The zero-order chi connectivity index (χ0) is 21.5. The number of aromatic nitrogens is 2. The number of hydrogen-bond donors (Lipinski definition) is 1. The van der Waals surface area contributed by atoms with Crippen LogP contribution < -0.4 is 14.8 Å². The molecular weight excluding hydrogens is 505 g/mol. The molecule has 168 valence electrons. The maximum absolute atomic E-state index is 5.41. The Hall–Kier alpha value is -2.49. The van der Waals surface area contributed by atoms with E-state index in [1.165, 1.54) is 5.56 Å². The normalized spacial score (nSPS) is 11.2. The Kier molecular flexibility index (Phi) is 9.42. The van der Waals surface area contributed by atoms with E-state index in [0.717, 1.165) is 54.0 Å². The summed E-state index contributed by atoms with van der Waals surface area (Å²) < 4.78 is 12.8. The van der Waals surface area contributed by atoms with Crippen molar-refractivity contribution in [3.05, 3.63) is 59.5 Å². The fraction of sp³-hybridized carbons (Fsp3) is 0.391. The van der Waals surface area contributed by atoms with Crippen molar-refractivity contribution >= 4 is 35.6 Å². The predicted molar refractivity (Wildman–Crippen MR) is 136 cm³/mol. The third-order valence-corrected chi connectivity index (χ3v) is 5.02. The van der Waals surface area contributed by atoms with E-state index in [-0.39, 0.29) is 24.0 Å². The molecule has 31 heavy (non-hydrogen) atoms. The van der Waals surface area contributed by atoms with Gasteiger partial charge in [0.15, 0.2) is 17.5 Å². The number of nitrogens with zero attached hydrogens (tertiary/aromatic N) is 4. The molecule has 0 spiro atoms. The number of pyridine rings is 1. The zero-order valence-electron chi connectivity index (χ0n) is 18.9. The summed E-state index contributed by atoms with van der Waals surface area (Å²) in [5.74, 6) is 2.36. The van der Waals surface area contributed by atoms with Gasteiger partial charge in [-0.25, -0.2) is 9.98 Å². The number of ether oxygens (including phenoxy) is 2. The first-order chi connectivity index (χ1) is 14.5. The molecule has 0 unspecified atom stereocenters. The summed E-state index contributed by atoms with van der Waals surface area (Å²) in [5.41, 5.74) is 4.25. The van der Waals surface area contributed by atoms with Crippen molar-refractivity contribution in [1.29, 1.82) is 0 Å². The molecule has 0 bridgehead atoms. The number of halogens is 1. The number of aliphatic imine (C=N–C) groups is 1. The zero-order valence-corrected chi connectivity index (χ0v) is 21.2. The molecule has 8 heteroatoms. The lowest BCUT2D eigenvalue weighted by molar-refractivity contribution is 0.354. The number of benzene rings is 1. The van der Waals surface area contributed by atoms with Crippen LogP contribution in [0.1, 0.15) is 23.9 Å². The maximum atomic E-state index is 5.41. The Labute approximate surface area is 201 Å². The quantitative estimate of drug-likeness (QED) is 0.268. The number of rotatable bonds is 8.